The zero-order valence-electron chi connectivity index (χ0n) is 12.4. The molecule has 0 saturated heterocycles. The lowest BCUT2D eigenvalue weighted by molar-refractivity contribution is 0.288. The van der Waals surface area contributed by atoms with Crippen molar-refractivity contribution >= 4 is 27.3 Å². The number of nitrogens with zero attached hydrogens (tertiary/aromatic N) is 2. The number of halogens is 1. The smallest absolute Gasteiger partial charge is 0.161 e. The van der Waals surface area contributed by atoms with E-state index in [-0.39, 0.29) is 4.83 Å². The van der Waals surface area contributed by atoms with Gasteiger partial charge in [-0.15, -0.1) is 10.2 Å². The molecule has 0 fully saturated rings. The fourth-order valence-corrected chi connectivity index (χ4v) is 3.11. The Bertz CT molecular complexity index is 589. The van der Waals surface area contributed by atoms with Gasteiger partial charge in [-0.3, -0.25) is 0 Å². The summed E-state index contributed by atoms with van der Waals surface area (Å²) < 4.78 is 11.2. The Labute approximate surface area is 137 Å². The van der Waals surface area contributed by atoms with Gasteiger partial charge in [-0.2, -0.15) is 0 Å². The SMILES string of the molecule is CCOc1ccc(-c2nnc(C(Br)CC)s2)cc1OCC. The predicted molar refractivity (Wildman–Crippen MR) is 89.6 cm³/mol. The lowest BCUT2D eigenvalue weighted by Crippen LogP contribution is -1.98. The molecule has 1 unspecified atom stereocenters. The number of benzene rings is 1. The molecule has 0 spiro atoms. The van der Waals surface area contributed by atoms with E-state index >= 15 is 0 Å². The molecule has 4 nitrogen and oxygen atoms in total. The average Bonchev–Trinajstić information content (AvgIpc) is 2.98. The van der Waals surface area contributed by atoms with Crippen LogP contribution >= 0.6 is 27.3 Å². The molecule has 0 amide bonds. The van der Waals surface area contributed by atoms with Crippen LogP contribution < -0.4 is 9.47 Å². The fourth-order valence-electron chi connectivity index (χ4n) is 1.84. The second kappa shape index (κ2) is 7.75. The highest BCUT2D eigenvalue weighted by molar-refractivity contribution is 9.09. The number of hydrogen-bond acceptors (Lipinski definition) is 5. The van der Waals surface area contributed by atoms with E-state index in [4.69, 9.17) is 9.47 Å². The third-order valence-corrected chi connectivity index (χ3v) is 5.33. The van der Waals surface area contributed by atoms with Crippen LogP contribution in [0.1, 0.15) is 37.0 Å². The maximum atomic E-state index is 5.65. The largest absolute Gasteiger partial charge is 0.490 e. The molecule has 21 heavy (non-hydrogen) atoms. The molecule has 1 atom stereocenters. The molecule has 0 saturated carbocycles. The molecular weight excluding hydrogens is 352 g/mol. The van der Waals surface area contributed by atoms with Crippen molar-refractivity contribution in [2.75, 3.05) is 13.2 Å². The molecule has 114 valence electrons. The van der Waals surface area contributed by atoms with Crippen molar-refractivity contribution in [3.05, 3.63) is 23.2 Å². The van der Waals surface area contributed by atoms with Crippen molar-refractivity contribution in [3.63, 3.8) is 0 Å². The second-order valence-electron chi connectivity index (χ2n) is 4.35. The highest BCUT2D eigenvalue weighted by Gasteiger charge is 2.14. The standard InChI is InChI=1S/C15H19BrN2O2S/c1-4-11(16)15-18-17-14(21-15)10-7-8-12(19-5-2)13(9-10)20-6-3/h7-9,11H,4-6H2,1-3H3. The summed E-state index contributed by atoms with van der Waals surface area (Å²) in [6.07, 6.45) is 0.988. The molecular formula is C15H19BrN2O2S. The lowest BCUT2D eigenvalue weighted by Gasteiger charge is -2.11. The van der Waals surface area contributed by atoms with Crippen molar-refractivity contribution in [2.24, 2.45) is 0 Å². The van der Waals surface area contributed by atoms with Gasteiger partial charge in [0.1, 0.15) is 10.0 Å². The Morgan fingerprint density at radius 3 is 2.48 bits per heavy atom. The van der Waals surface area contributed by atoms with Crippen molar-refractivity contribution < 1.29 is 9.47 Å². The van der Waals surface area contributed by atoms with Crippen molar-refractivity contribution in [2.45, 2.75) is 32.0 Å². The molecule has 2 rings (SSSR count). The van der Waals surface area contributed by atoms with Crippen LogP contribution in [-0.2, 0) is 0 Å². The number of alkyl halides is 1. The minimum absolute atomic E-state index is 0.262. The third kappa shape index (κ3) is 3.95. The van der Waals surface area contributed by atoms with Crippen LogP contribution in [0.5, 0.6) is 11.5 Å². The Balaban J connectivity index is 2.31. The number of hydrogen-bond donors (Lipinski definition) is 0. The van der Waals surface area contributed by atoms with E-state index in [0.29, 0.717) is 13.2 Å². The first-order valence-corrected chi connectivity index (χ1v) is 8.80. The van der Waals surface area contributed by atoms with E-state index in [2.05, 4.69) is 33.1 Å². The molecule has 0 bridgehead atoms. The summed E-state index contributed by atoms with van der Waals surface area (Å²) >= 11 is 5.20. The van der Waals surface area contributed by atoms with Crippen LogP contribution in [0.15, 0.2) is 18.2 Å². The molecule has 6 heteroatoms. The van der Waals surface area contributed by atoms with Crippen LogP contribution in [0.2, 0.25) is 0 Å². The maximum Gasteiger partial charge on any atom is 0.161 e. The van der Waals surface area contributed by atoms with E-state index < -0.39 is 0 Å². The highest BCUT2D eigenvalue weighted by Crippen LogP contribution is 2.36. The highest BCUT2D eigenvalue weighted by atomic mass is 79.9. The molecule has 0 aliphatic heterocycles. The van der Waals surface area contributed by atoms with Crippen LogP contribution in [0.25, 0.3) is 10.6 Å². The topological polar surface area (TPSA) is 44.2 Å². The first-order valence-electron chi connectivity index (χ1n) is 7.07. The van der Waals surface area contributed by atoms with Gasteiger partial charge in [0.15, 0.2) is 11.5 Å². The van der Waals surface area contributed by atoms with Crippen LogP contribution in [0, 0.1) is 0 Å². The molecule has 0 N–H and O–H groups in total. The molecule has 1 aromatic carbocycles. The Hall–Kier alpha value is -1.14. The summed E-state index contributed by atoms with van der Waals surface area (Å²) in [4.78, 5) is 0.262. The molecule has 2 aromatic rings. The van der Waals surface area contributed by atoms with Gasteiger partial charge in [0.2, 0.25) is 0 Å². The number of rotatable bonds is 7. The lowest BCUT2D eigenvalue weighted by atomic mass is 10.2. The van der Waals surface area contributed by atoms with E-state index in [1.807, 2.05) is 32.0 Å². The Morgan fingerprint density at radius 2 is 1.81 bits per heavy atom. The van der Waals surface area contributed by atoms with Gasteiger partial charge in [0.25, 0.3) is 0 Å². The van der Waals surface area contributed by atoms with Crippen molar-refractivity contribution in [1.82, 2.24) is 10.2 Å². The summed E-state index contributed by atoms with van der Waals surface area (Å²) in [5.41, 5.74) is 1.00. The van der Waals surface area contributed by atoms with Gasteiger partial charge in [0.05, 0.1) is 18.0 Å². The number of aromatic nitrogens is 2. The van der Waals surface area contributed by atoms with Gasteiger partial charge in [-0.05, 0) is 38.5 Å². The normalized spacial score (nSPS) is 12.2. The summed E-state index contributed by atoms with van der Waals surface area (Å²) in [6, 6.07) is 5.89. The zero-order chi connectivity index (χ0) is 15.2. The molecule has 0 aliphatic rings. The third-order valence-electron chi connectivity index (χ3n) is 2.86. The minimum Gasteiger partial charge on any atom is -0.490 e. The molecule has 0 radical (unpaired) electrons. The van der Waals surface area contributed by atoms with Crippen molar-refractivity contribution in [1.29, 1.82) is 0 Å². The van der Waals surface area contributed by atoms with Gasteiger partial charge in [-0.25, -0.2) is 0 Å². The van der Waals surface area contributed by atoms with E-state index in [0.717, 1.165) is 33.5 Å². The van der Waals surface area contributed by atoms with Crippen LogP contribution in [0.4, 0.5) is 0 Å². The first kappa shape index (κ1) is 16.2. The van der Waals surface area contributed by atoms with Gasteiger partial charge >= 0.3 is 0 Å². The predicted octanol–water partition coefficient (Wildman–Crippen LogP) is 4.85. The fraction of sp³-hybridized carbons (Fsp3) is 0.467. The quantitative estimate of drug-likeness (QED) is 0.653. The van der Waals surface area contributed by atoms with E-state index in [1.54, 1.807) is 11.3 Å². The molecule has 1 heterocycles. The van der Waals surface area contributed by atoms with Crippen molar-refractivity contribution in [3.8, 4) is 22.1 Å². The second-order valence-corrected chi connectivity index (χ2v) is 6.46. The van der Waals surface area contributed by atoms with E-state index in [9.17, 15) is 0 Å². The first-order chi connectivity index (χ1) is 10.2. The Kier molecular flexibility index (Phi) is 5.99. The zero-order valence-corrected chi connectivity index (χ0v) is 14.8. The number of ether oxygens (including phenoxy) is 2. The Morgan fingerprint density at radius 1 is 1.10 bits per heavy atom. The van der Waals surface area contributed by atoms with E-state index in [1.165, 1.54) is 0 Å². The minimum atomic E-state index is 0.262. The van der Waals surface area contributed by atoms with Crippen LogP contribution in [0.3, 0.4) is 0 Å². The molecule has 0 aliphatic carbocycles. The summed E-state index contributed by atoms with van der Waals surface area (Å²) in [6.45, 7) is 7.25. The summed E-state index contributed by atoms with van der Waals surface area (Å²) in [7, 11) is 0. The maximum absolute atomic E-state index is 5.65. The van der Waals surface area contributed by atoms with Gasteiger partial charge in [-0.1, -0.05) is 34.2 Å². The molecule has 1 aromatic heterocycles. The summed E-state index contributed by atoms with van der Waals surface area (Å²) in [5, 5.41) is 10.4. The monoisotopic (exact) mass is 370 g/mol. The van der Waals surface area contributed by atoms with Crippen LogP contribution in [-0.4, -0.2) is 23.4 Å². The van der Waals surface area contributed by atoms with Gasteiger partial charge in [0, 0.05) is 5.56 Å². The summed E-state index contributed by atoms with van der Waals surface area (Å²) in [5.74, 6) is 1.51. The van der Waals surface area contributed by atoms with Gasteiger partial charge < -0.3 is 9.47 Å². The average molecular weight is 371 g/mol.